The highest BCUT2D eigenvalue weighted by atomic mass is 32.2. The van der Waals surface area contributed by atoms with Crippen LogP contribution in [0.4, 0.5) is 0 Å². The average molecular weight is 503 g/mol. The lowest BCUT2D eigenvalue weighted by atomic mass is 9.68. The summed E-state index contributed by atoms with van der Waals surface area (Å²) in [6.45, 7) is 1.61. The zero-order valence-corrected chi connectivity index (χ0v) is 19.7. The second-order valence-electron chi connectivity index (χ2n) is 9.28. The van der Waals surface area contributed by atoms with Crippen molar-refractivity contribution in [3.05, 3.63) is 38.3 Å². The highest BCUT2D eigenvalue weighted by Gasteiger charge is 2.69. The molecule has 178 valence electrons. The van der Waals surface area contributed by atoms with Crippen LogP contribution in [0.5, 0.6) is 11.5 Å². The molecular weight excluding hydrogens is 480 g/mol. The van der Waals surface area contributed by atoms with Crippen LogP contribution in [-0.4, -0.2) is 56.3 Å². The lowest BCUT2D eigenvalue weighted by molar-refractivity contribution is -0.149. The van der Waals surface area contributed by atoms with Gasteiger partial charge in [0.15, 0.2) is 11.5 Å². The van der Waals surface area contributed by atoms with Crippen LogP contribution in [0.15, 0.2) is 28.0 Å². The summed E-state index contributed by atoms with van der Waals surface area (Å²) in [6, 6.07) is 5.21. The Balaban J connectivity index is 1.45. The standard InChI is InChI=1S/C23H22N2O7S2/c1-2-32-12-5-8(3-4-11(12)26)14-15-9-6-10(18(15)33-20-19(14)34-23(31)24-20)17-16(9)21(29)25(22(17)30)7-13(27)28/h3-5,9-10,14-18,26H,2,6-7H2,1H3,(H,24,31)(H,27,28)/t9-,10-,14-,15+,16-,17-,18+/m1/s1. The SMILES string of the molecule is CCOc1cc([C@H]2c3sc(=O)[nH]c3S[C@H]3[C@@H]4C[C@@H]([C@H]5C(=O)N(CC(=O)O)C(=O)[C@H]45)[C@@H]23)ccc1O. The van der Waals surface area contributed by atoms with E-state index in [1.165, 1.54) is 0 Å². The van der Waals surface area contributed by atoms with E-state index < -0.39 is 24.3 Å². The summed E-state index contributed by atoms with van der Waals surface area (Å²) in [5.41, 5.74) is 0.885. The number of benzene rings is 1. The van der Waals surface area contributed by atoms with Crippen molar-refractivity contribution >= 4 is 40.9 Å². The van der Waals surface area contributed by atoms with E-state index in [4.69, 9.17) is 4.74 Å². The zero-order valence-electron chi connectivity index (χ0n) is 18.1. The number of fused-ring (bicyclic) bond motifs is 9. The fraction of sp³-hybridized carbons (Fsp3) is 0.478. The number of aromatic hydroxyl groups is 1. The van der Waals surface area contributed by atoms with Gasteiger partial charge in [0.05, 0.1) is 23.5 Å². The number of aromatic amines is 1. The summed E-state index contributed by atoms with van der Waals surface area (Å²) in [7, 11) is 0. The number of aliphatic carboxylic acids is 1. The van der Waals surface area contributed by atoms with Crippen LogP contribution >= 0.6 is 23.1 Å². The molecule has 1 aromatic heterocycles. The number of hydrogen-bond acceptors (Lipinski definition) is 8. The summed E-state index contributed by atoms with van der Waals surface area (Å²) in [4.78, 5) is 54.5. The number of amides is 2. The first-order valence-corrected chi connectivity index (χ1v) is 12.9. The van der Waals surface area contributed by atoms with E-state index in [1.807, 2.05) is 13.0 Å². The Morgan fingerprint density at radius 2 is 1.94 bits per heavy atom. The van der Waals surface area contributed by atoms with Gasteiger partial charge in [-0.25, -0.2) is 0 Å². The number of thiazole rings is 1. The third-order valence-electron chi connectivity index (χ3n) is 7.75. The number of thioether (sulfide) groups is 1. The number of phenolic OH excluding ortho intramolecular Hbond substituents is 1. The molecule has 11 heteroatoms. The van der Waals surface area contributed by atoms with E-state index in [-0.39, 0.29) is 51.4 Å². The number of ether oxygens (including phenoxy) is 1. The Morgan fingerprint density at radius 3 is 2.65 bits per heavy atom. The van der Waals surface area contributed by atoms with Crippen molar-refractivity contribution < 1.29 is 29.3 Å². The van der Waals surface area contributed by atoms with Gasteiger partial charge in [0, 0.05) is 16.0 Å². The number of nitrogens with one attached hydrogen (secondary N) is 1. The van der Waals surface area contributed by atoms with Crippen LogP contribution in [0.2, 0.25) is 0 Å². The number of carboxylic acids is 1. The number of hydrogen-bond donors (Lipinski definition) is 3. The Bertz CT molecular complexity index is 1290. The van der Waals surface area contributed by atoms with Crippen molar-refractivity contribution in [3.8, 4) is 11.5 Å². The van der Waals surface area contributed by atoms with Crippen molar-refractivity contribution in [2.24, 2.45) is 29.6 Å². The van der Waals surface area contributed by atoms with Crippen LogP contribution in [-0.2, 0) is 14.4 Å². The van der Waals surface area contributed by atoms with Gasteiger partial charge >= 0.3 is 10.8 Å². The molecule has 0 spiro atoms. The summed E-state index contributed by atoms with van der Waals surface area (Å²) in [6.07, 6.45) is 0.724. The Morgan fingerprint density at radius 1 is 1.21 bits per heavy atom. The van der Waals surface area contributed by atoms with Gasteiger partial charge < -0.3 is 19.9 Å². The number of carbonyl (C=O) groups is 3. The first kappa shape index (κ1) is 21.7. The molecule has 1 aromatic carbocycles. The van der Waals surface area contributed by atoms with Crippen LogP contribution in [0.25, 0.3) is 0 Å². The summed E-state index contributed by atoms with van der Waals surface area (Å²) < 4.78 is 5.60. The van der Waals surface area contributed by atoms with E-state index >= 15 is 0 Å². The topological polar surface area (TPSA) is 137 Å². The quantitative estimate of drug-likeness (QED) is 0.529. The Hall–Kier alpha value is -2.79. The number of nitrogens with zero attached hydrogens (tertiary/aromatic N) is 1. The van der Waals surface area contributed by atoms with Gasteiger partial charge in [0.1, 0.15) is 6.54 Å². The first-order valence-electron chi connectivity index (χ1n) is 11.2. The van der Waals surface area contributed by atoms with E-state index in [2.05, 4.69) is 4.98 Å². The Labute approximate surface area is 202 Å². The van der Waals surface area contributed by atoms with Crippen molar-refractivity contribution in [1.82, 2.24) is 9.88 Å². The first-order chi connectivity index (χ1) is 16.3. The normalized spacial score (nSPS) is 33.1. The molecule has 2 aromatic rings. The molecule has 2 saturated carbocycles. The van der Waals surface area contributed by atoms with Gasteiger partial charge in [-0.15, -0.1) is 11.8 Å². The molecule has 3 heterocycles. The van der Waals surface area contributed by atoms with Crippen LogP contribution < -0.4 is 9.61 Å². The van der Waals surface area contributed by atoms with E-state index in [0.717, 1.165) is 38.1 Å². The van der Waals surface area contributed by atoms with Gasteiger partial charge in [-0.05, 0) is 48.8 Å². The molecule has 2 aliphatic heterocycles. The molecule has 3 N–H and O–H groups in total. The van der Waals surface area contributed by atoms with Crippen molar-refractivity contribution in [2.75, 3.05) is 13.2 Å². The van der Waals surface area contributed by atoms with Crippen molar-refractivity contribution in [2.45, 2.75) is 29.5 Å². The monoisotopic (exact) mass is 502 g/mol. The zero-order chi connectivity index (χ0) is 23.9. The summed E-state index contributed by atoms with van der Waals surface area (Å²) >= 11 is 2.72. The van der Waals surface area contributed by atoms with Crippen molar-refractivity contribution in [3.63, 3.8) is 0 Å². The van der Waals surface area contributed by atoms with Gasteiger partial charge in [-0.3, -0.25) is 24.1 Å². The molecule has 1 saturated heterocycles. The highest BCUT2D eigenvalue weighted by Crippen LogP contribution is 2.68. The van der Waals surface area contributed by atoms with Gasteiger partial charge in [0.2, 0.25) is 11.8 Å². The lowest BCUT2D eigenvalue weighted by Crippen LogP contribution is -2.42. The molecule has 2 aliphatic carbocycles. The molecule has 0 unspecified atom stereocenters. The number of aromatic nitrogens is 1. The fourth-order valence-electron chi connectivity index (χ4n) is 6.74. The summed E-state index contributed by atoms with van der Waals surface area (Å²) in [5, 5.41) is 20.2. The predicted molar refractivity (Wildman–Crippen MR) is 122 cm³/mol. The van der Waals surface area contributed by atoms with Gasteiger partial charge in [0.25, 0.3) is 0 Å². The smallest absolute Gasteiger partial charge is 0.323 e. The average Bonchev–Trinajstić information content (AvgIpc) is 3.51. The van der Waals surface area contributed by atoms with Crippen LogP contribution in [0.1, 0.15) is 29.7 Å². The maximum absolute atomic E-state index is 13.2. The van der Waals surface area contributed by atoms with E-state index in [9.17, 15) is 29.4 Å². The predicted octanol–water partition coefficient (Wildman–Crippen LogP) is 2.10. The van der Waals surface area contributed by atoms with E-state index in [1.54, 1.807) is 23.9 Å². The number of phenols is 1. The number of imide groups is 1. The molecule has 9 nitrogen and oxygen atoms in total. The second kappa shape index (κ2) is 7.61. The molecule has 0 radical (unpaired) electrons. The second-order valence-corrected chi connectivity index (χ2v) is 11.5. The summed E-state index contributed by atoms with van der Waals surface area (Å²) in [5.74, 6) is -2.97. The molecule has 2 bridgehead atoms. The molecule has 34 heavy (non-hydrogen) atoms. The number of rotatable bonds is 5. The minimum Gasteiger partial charge on any atom is -0.504 e. The largest absolute Gasteiger partial charge is 0.504 e. The fourth-order valence-corrected chi connectivity index (χ4v) is 9.63. The minimum atomic E-state index is -1.20. The number of likely N-dealkylation sites (tertiary alicyclic amines) is 1. The van der Waals surface area contributed by atoms with Crippen molar-refractivity contribution in [1.29, 1.82) is 0 Å². The van der Waals surface area contributed by atoms with Crippen LogP contribution in [0, 0.1) is 29.6 Å². The number of carbonyl (C=O) groups excluding carboxylic acids is 2. The Kier molecular flexibility index (Phi) is 4.86. The number of carboxylic acid groups (broad SMARTS) is 1. The van der Waals surface area contributed by atoms with Gasteiger partial charge in [-0.2, -0.15) is 0 Å². The third-order valence-corrected chi connectivity index (χ3v) is 10.3. The number of H-pyrrole nitrogens is 1. The minimum absolute atomic E-state index is 0.00394. The molecule has 7 atom stereocenters. The third kappa shape index (κ3) is 2.92. The maximum Gasteiger partial charge on any atom is 0.323 e. The molecule has 2 amide bonds. The molecule has 6 rings (SSSR count). The molecular formula is C23H22N2O7S2. The maximum atomic E-state index is 13.2. The molecule has 4 aliphatic rings. The van der Waals surface area contributed by atoms with E-state index in [0.29, 0.717) is 12.4 Å². The highest BCUT2D eigenvalue weighted by molar-refractivity contribution is 8.00. The van der Waals surface area contributed by atoms with Crippen LogP contribution in [0.3, 0.4) is 0 Å². The lowest BCUT2D eigenvalue weighted by Gasteiger charge is -2.43. The molecule has 3 fully saturated rings. The van der Waals surface area contributed by atoms with Gasteiger partial charge in [-0.1, -0.05) is 17.4 Å².